The smallest absolute Gasteiger partial charge is 0.220 e. The first-order valence-electron chi connectivity index (χ1n) is 3.15. The van der Waals surface area contributed by atoms with Crippen LogP contribution in [-0.4, -0.2) is 23.7 Å². The number of hydrogen-bond acceptors (Lipinski definition) is 2. The van der Waals surface area contributed by atoms with Crippen molar-refractivity contribution < 1.29 is 9.90 Å². The Bertz CT molecular complexity index is 124. The predicted octanol–water partition coefficient (Wildman–Crippen LogP) is -0.497. The summed E-state index contributed by atoms with van der Waals surface area (Å²) in [7, 11) is 0. The van der Waals surface area contributed by atoms with Gasteiger partial charge in [-0.05, 0) is 5.92 Å². The van der Waals surface area contributed by atoms with Gasteiger partial charge in [-0.25, -0.2) is 0 Å². The van der Waals surface area contributed by atoms with Crippen LogP contribution in [0.1, 0.15) is 13.3 Å². The highest BCUT2D eigenvalue weighted by molar-refractivity contribution is 5.77. The van der Waals surface area contributed by atoms with Crippen LogP contribution in [0, 0.1) is 5.92 Å². The van der Waals surface area contributed by atoms with Crippen molar-refractivity contribution >= 4 is 5.91 Å². The van der Waals surface area contributed by atoms with Crippen molar-refractivity contribution in [1.29, 1.82) is 0 Å². The van der Waals surface area contributed by atoms with Gasteiger partial charge in [0.05, 0.1) is 6.10 Å². The topological polar surface area (TPSA) is 49.3 Å². The van der Waals surface area contributed by atoms with Gasteiger partial charge in [0.1, 0.15) is 0 Å². The van der Waals surface area contributed by atoms with Crippen LogP contribution in [0.25, 0.3) is 0 Å². The minimum absolute atomic E-state index is 0.0489. The fourth-order valence-electron chi connectivity index (χ4n) is 0.920. The van der Waals surface area contributed by atoms with Crippen molar-refractivity contribution in [3.8, 4) is 0 Å². The monoisotopic (exact) mass is 129 g/mol. The van der Waals surface area contributed by atoms with Gasteiger partial charge in [0.15, 0.2) is 0 Å². The number of nitrogens with one attached hydrogen (secondary N) is 1. The molecule has 9 heavy (non-hydrogen) atoms. The molecule has 0 spiro atoms. The summed E-state index contributed by atoms with van der Waals surface area (Å²) in [5.74, 6) is 0.173. The van der Waals surface area contributed by atoms with Gasteiger partial charge in [0.2, 0.25) is 5.91 Å². The fraction of sp³-hybridized carbons (Fsp3) is 0.833. The van der Waals surface area contributed by atoms with Crippen LogP contribution in [0.5, 0.6) is 0 Å². The number of rotatable bonds is 0. The molecule has 0 aromatic carbocycles. The molecule has 0 bridgehead atoms. The molecular weight excluding hydrogens is 118 g/mol. The van der Waals surface area contributed by atoms with Gasteiger partial charge in [-0.15, -0.1) is 0 Å². The second-order valence-corrected chi connectivity index (χ2v) is 2.55. The van der Waals surface area contributed by atoms with E-state index in [1.54, 1.807) is 0 Å². The van der Waals surface area contributed by atoms with Crippen LogP contribution < -0.4 is 5.32 Å². The summed E-state index contributed by atoms with van der Waals surface area (Å²) in [5, 5.41) is 11.7. The molecule has 2 N–H and O–H groups in total. The SMILES string of the molecule is CC1CC(=O)NCC1O. The number of aliphatic hydroxyl groups is 1. The fourth-order valence-corrected chi connectivity index (χ4v) is 0.920. The molecule has 3 heteroatoms. The molecule has 1 aliphatic heterocycles. The lowest BCUT2D eigenvalue weighted by Crippen LogP contribution is -2.42. The van der Waals surface area contributed by atoms with Gasteiger partial charge in [-0.1, -0.05) is 6.92 Å². The van der Waals surface area contributed by atoms with Crippen molar-refractivity contribution in [3.63, 3.8) is 0 Å². The Morgan fingerprint density at radius 3 is 2.89 bits per heavy atom. The molecule has 0 aromatic rings. The van der Waals surface area contributed by atoms with Crippen LogP contribution in [0.3, 0.4) is 0 Å². The molecule has 1 rings (SSSR count). The van der Waals surface area contributed by atoms with E-state index < -0.39 is 0 Å². The molecule has 1 heterocycles. The minimum Gasteiger partial charge on any atom is -0.391 e. The molecule has 1 fully saturated rings. The summed E-state index contributed by atoms with van der Waals surface area (Å²) in [5.41, 5.74) is 0. The van der Waals surface area contributed by atoms with Crippen LogP contribution in [0.4, 0.5) is 0 Å². The van der Waals surface area contributed by atoms with Crippen molar-refractivity contribution in [2.45, 2.75) is 19.4 Å². The third-order valence-electron chi connectivity index (χ3n) is 1.67. The second kappa shape index (κ2) is 2.35. The number of hydrogen-bond donors (Lipinski definition) is 2. The minimum atomic E-state index is -0.345. The van der Waals surface area contributed by atoms with Crippen molar-refractivity contribution in [3.05, 3.63) is 0 Å². The molecule has 0 radical (unpaired) electrons. The average Bonchev–Trinajstić information content (AvgIpc) is 1.80. The van der Waals surface area contributed by atoms with Crippen LogP contribution in [0.2, 0.25) is 0 Å². The molecule has 52 valence electrons. The average molecular weight is 129 g/mol. The summed E-state index contributed by atoms with van der Waals surface area (Å²) < 4.78 is 0. The van der Waals surface area contributed by atoms with E-state index in [1.807, 2.05) is 6.92 Å². The Hall–Kier alpha value is -0.570. The highest BCUT2D eigenvalue weighted by Crippen LogP contribution is 2.10. The zero-order valence-electron chi connectivity index (χ0n) is 5.42. The Balaban J connectivity index is 2.44. The zero-order chi connectivity index (χ0) is 6.85. The second-order valence-electron chi connectivity index (χ2n) is 2.55. The lowest BCUT2D eigenvalue weighted by molar-refractivity contribution is -0.125. The van der Waals surface area contributed by atoms with Crippen LogP contribution >= 0.6 is 0 Å². The quantitative estimate of drug-likeness (QED) is 0.463. The number of piperidine rings is 1. The van der Waals surface area contributed by atoms with E-state index in [2.05, 4.69) is 5.32 Å². The molecular formula is C6H11NO2. The van der Waals surface area contributed by atoms with E-state index in [0.717, 1.165) is 0 Å². The van der Waals surface area contributed by atoms with E-state index in [0.29, 0.717) is 13.0 Å². The van der Waals surface area contributed by atoms with E-state index >= 15 is 0 Å². The molecule has 0 aromatic heterocycles. The summed E-state index contributed by atoms with van der Waals surface area (Å²) in [6.45, 7) is 2.30. The largest absolute Gasteiger partial charge is 0.391 e. The lowest BCUT2D eigenvalue weighted by Gasteiger charge is -2.23. The molecule has 2 unspecified atom stereocenters. The van der Waals surface area contributed by atoms with Gasteiger partial charge in [-0.2, -0.15) is 0 Å². The Kier molecular flexibility index (Phi) is 1.71. The summed E-state index contributed by atoms with van der Waals surface area (Å²) in [6.07, 6.45) is 0.115. The summed E-state index contributed by atoms with van der Waals surface area (Å²) in [6, 6.07) is 0. The number of carbonyl (C=O) groups is 1. The van der Waals surface area contributed by atoms with Crippen LogP contribution in [-0.2, 0) is 4.79 Å². The maximum Gasteiger partial charge on any atom is 0.220 e. The molecule has 1 aliphatic rings. The van der Waals surface area contributed by atoms with Crippen molar-refractivity contribution in [2.75, 3.05) is 6.54 Å². The molecule has 0 saturated carbocycles. The maximum atomic E-state index is 10.6. The van der Waals surface area contributed by atoms with E-state index in [-0.39, 0.29) is 17.9 Å². The number of carbonyl (C=O) groups excluding carboxylic acids is 1. The first-order valence-corrected chi connectivity index (χ1v) is 3.15. The lowest BCUT2D eigenvalue weighted by atomic mass is 9.97. The summed E-state index contributed by atoms with van der Waals surface area (Å²) in [4.78, 5) is 10.6. The van der Waals surface area contributed by atoms with Gasteiger partial charge < -0.3 is 10.4 Å². The first kappa shape index (κ1) is 6.55. The van der Waals surface area contributed by atoms with E-state index in [1.165, 1.54) is 0 Å². The van der Waals surface area contributed by atoms with E-state index in [9.17, 15) is 4.79 Å². The number of β-amino-alcohol motifs (C(OH)–C–C–N with tert-alkyl or cyclic N) is 1. The van der Waals surface area contributed by atoms with Crippen LogP contribution in [0.15, 0.2) is 0 Å². The van der Waals surface area contributed by atoms with Crippen molar-refractivity contribution in [1.82, 2.24) is 5.32 Å². The normalized spacial score (nSPS) is 36.0. The highest BCUT2D eigenvalue weighted by Gasteiger charge is 2.22. The highest BCUT2D eigenvalue weighted by atomic mass is 16.3. The molecule has 2 atom stereocenters. The van der Waals surface area contributed by atoms with E-state index in [4.69, 9.17) is 5.11 Å². The zero-order valence-corrected chi connectivity index (χ0v) is 5.42. The van der Waals surface area contributed by atoms with Gasteiger partial charge >= 0.3 is 0 Å². The first-order chi connectivity index (χ1) is 4.20. The standard InChI is InChI=1S/C6H11NO2/c1-4-2-6(9)7-3-5(4)8/h4-5,8H,2-3H2,1H3,(H,7,9). The Labute approximate surface area is 54.1 Å². The third kappa shape index (κ3) is 1.42. The Morgan fingerprint density at radius 1 is 1.78 bits per heavy atom. The maximum absolute atomic E-state index is 10.6. The number of aliphatic hydroxyl groups excluding tert-OH is 1. The van der Waals surface area contributed by atoms with Crippen molar-refractivity contribution in [2.24, 2.45) is 5.92 Å². The molecule has 1 amide bonds. The molecule has 3 nitrogen and oxygen atoms in total. The predicted molar refractivity (Wildman–Crippen MR) is 32.8 cm³/mol. The van der Waals surface area contributed by atoms with Gasteiger partial charge in [0, 0.05) is 13.0 Å². The molecule has 1 saturated heterocycles. The Morgan fingerprint density at radius 2 is 2.44 bits per heavy atom. The summed E-state index contributed by atoms with van der Waals surface area (Å²) >= 11 is 0. The molecule has 0 aliphatic carbocycles. The number of amides is 1. The third-order valence-corrected chi connectivity index (χ3v) is 1.67. The van der Waals surface area contributed by atoms with Gasteiger partial charge in [0.25, 0.3) is 0 Å². The van der Waals surface area contributed by atoms with Gasteiger partial charge in [-0.3, -0.25) is 4.79 Å².